The lowest BCUT2D eigenvalue weighted by Crippen LogP contribution is -2.52. The monoisotopic (exact) mass is 320 g/mol. The highest BCUT2D eigenvalue weighted by molar-refractivity contribution is 6.35. The van der Waals surface area contributed by atoms with Crippen molar-refractivity contribution in [2.24, 2.45) is 0 Å². The summed E-state index contributed by atoms with van der Waals surface area (Å²) >= 11 is 0. The van der Waals surface area contributed by atoms with Crippen molar-refractivity contribution in [1.82, 2.24) is 10.2 Å². The van der Waals surface area contributed by atoms with Gasteiger partial charge in [0.15, 0.2) is 0 Å². The van der Waals surface area contributed by atoms with Gasteiger partial charge >= 0.3 is 11.8 Å². The highest BCUT2D eigenvalue weighted by Gasteiger charge is 2.29. The van der Waals surface area contributed by atoms with Crippen LogP contribution in [-0.2, 0) is 20.7 Å². The van der Waals surface area contributed by atoms with E-state index in [-0.39, 0.29) is 12.2 Å². The molecule has 1 saturated heterocycles. The van der Waals surface area contributed by atoms with Gasteiger partial charge in [-0.3, -0.25) is 9.59 Å². The van der Waals surface area contributed by atoms with Gasteiger partial charge in [-0.15, -0.1) is 0 Å². The smallest absolute Gasteiger partial charge is 0.312 e. The van der Waals surface area contributed by atoms with Crippen LogP contribution in [0.3, 0.4) is 0 Å². The highest BCUT2D eigenvalue weighted by atomic mass is 16.5. The first-order valence-electron chi connectivity index (χ1n) is 7.85. The predicted molar refractivity (Wildman–Crippen MR) is 86.3 cm³/mol. The van der Waals surface area contributed by atoms with Crippen LogP contribution in [0.15, 0.2) is 24.3 Å². The summed E-state index contributed by atoms with van der Waals surface area (Å²) in [4.78, 5) is 25.7. The summed E-state index contributed by atoms with van der Waals surface area (Å²) in [6.07, 6.45) is 0.573. The summed E-state index contributed by atoms with van der Waals surface area (Å²) in [5.41, 5.74) is 1.08. The van der Waals surface area contributed by atoms with E-state index in [9.17, 15) is 9.59 Å². The number of morpholine rings is 1. The minimum atomic E-state index is -0.556. The van der Waals surface area contributed by atoms with Gasteiger partial charge in [0, 0.05) is 19.6 Å². The molecule has 2 amide bonds. The van der Waals surface area contributed by atoms with Gasteiger partial charge in [0.25, 0.3) is 0 Å². The van der Waals surface area contributed by atoms with Crippen LogP contribution in [0.2, 0.25) is 0 Å². The molecule has 1 aromatic carbocycles. The Morgan fingerprint density at radius 2 is 1.83 bits per heavy atom. The second kappa shape index (κ2) is 7.97. The third kappa shape index (κ3) is 4.96. The summed E-state index contributed by atoms with van der Waals surface area (Å²) < 4.78 is 10.7. The molecule has 0 bridgehead atoms. The zero-order valence-corrected chi connectivity index (χ0v) is 13.9. The number of hydrogen-bond acceptors (Lipinski definition) is 4. The Kier molecular flexibility index (Phi) is 5.98. The number of benzene rings is 1. The number of hydrogen-bond donors (Lipinski definition) is 1. The van der Waals surface area contributed by atoms with Crippen LogP contribution < -0.4 is 10.1 Å². The molecule has 6 nitrogen and oxygen atoms in total. The number of carbonyl (C=O) groups excluding carboxylic acids is 2. The first kappa shape index (κ1) is 17.3. The van der Waals surface area contributed by atoms with Crippen LogP contribution in [-0.4, -0.2) is 55.7 Å². The lowest BCUT2D eigenvalue weighted by atomic mass is 10.1. The number of nitrogens with zero attached hydrogens (tertiary/aromatic N) is 1. The van der Waals surface area contributed by atoms with E-state index in [1.807, 2.05) is 38.1 Å². The quantitative estimate of drug-likeness (QED) is 0.840. The molecule has 1 aliphatic rings. The average molecular weight is 320 g/mol. The molecule has 1 aliphatic heterocycles. The molecule has 23 heavy (non-hydrogen) atoms. The van der Waals surface area contributed by atoms with Crippen molar-refractivity contribution in [2.45, 2.75) is 32.5 Å². The molecule has 0 saturated carbocycles. The van der Waals surface area contributed by atoms with E-state index < -0.39 is 11.8 Å². The largest absolute Gasteiger partial charge is 0.497 e. The Labute approximate surface area is 136 Å². The Morgan fingerprint density at radius 1 is 1.22 bits per heavy atom. The molecule has 1 heterocycles. The van der Waals surface area contributed by atoms with Crippen molar-refractivity contribution in [3.8, 4) is 5.75 Å². The van der Waals surface area contributed by atoms with Gasteiger partial charge in [-0.25, -0.2) is 0 Å². The van der Waals surface area contributed by atoms with Crippen LogP contribution in [0.4, 0.5) is 0 Å². The molecule has 0 spiro atoms. The average Bonchev–Trinajstić information content (AvgIpc) is 2.53. The van der Waals surface area contributed by atoms with Gasteiger partial charge in [0.2, 0.25) is 0 Å². The number of nitrogens with one attached hydrogen (secondary N) is 1. The van der Waals surface area contributed by atoms with Gasteiger partial charge in [-0.2, -0.15) is 0 Å². The maximum atomic E-state index is 12.2. The SMILES string of the molecule is COc1ccc(CCNC(=O)C(=O)N2CC(C)OC(C)C2)cc1. The predicted octanol–water partition coefficient (Wildman–Crippen LogP) is 0.990. The first-order chi connectivity index (χ1) is 11.0. The standard InChI is InChI=1S/C17H24N2O4/c1-12-10-19(11-13(2)23-12)17(21)16(20)18-9-8-14-4-6-15(22-3)7-5-14/h4-7,12-13H,8-11H2,1-3H3,(H,18,20). The minimum Gasteiger partial charge on any atom is -0.497 e. The highest BCUT2D eigenvalue weighted by Crippen LogP contribution is 2.12. The van der Waals surface area contributed by atoms with E-state index in [4.69, 9.17) is 9.47 Å². The van der Waals surface area contributed by atoms with E-state index >= 15 is 0 Å². The third-order valence-electron chi connectivity index (χ3n) is 3.76. The van der Waals surface area contributed by atoms with E-state index in [0.29, 0.717) is 26.1 Å². The summed E-state index contributed by atoms with van der Waals surface area (Å²) in [6, 6.07) is 7.63. The lowest BCUT2D eigenvalue weighted by Gasteiger charge is -2.34. The van der Waals surface area contributed by atoms with E-state index in [1.165, 1.54) is 0 Å². The van der Waals surface area contributed by atoms with E-state index in [2.05, 4.69) is 5.32 Å². The zero-order chi connectivity index (χ0) is 16.8. The first-order valence-corrected chi connectivity index (χ1v) is 7.85. The van der Waals surface area contributed by atoms with Crippen molar-refractivity contribution in [2.75, 3.05) is 26.7 Å². The fraction of sp³-hybridized carbons (Fsp3) is 0.529. The number of methoxy groups -OCH3 is 1. The van der Waals surface area contributed by atoms with Gasteiger partial charge in [-0.05, 0) is 38.0 Å². The summed E-state index contributed by atoms with van der Waals surface area (Å²) in [6.45, 7) is 5.13. The molecule has 2 unspecified atom stereocenters. The maximum absolute atomic E-state index is 12.2. The fourth-order valence-electron chi connectivity index (χ4n) is 2.68. The molecule has 2 rings (SSSR count). The van der Waals surface area contributed by atoms with Crippen LogP contribution >= 0.6 is 0 Å². The van der Waals surface area contributed by atoms with Gasteiger partial charge in [0.1, 0.15) is 5.75 Å². The molecule has 1 N–H and O–H groups in total. The van der Waals surface area contributed by atoms with Crippen molar-refractivity contribution < 1.29 is 19.1 Å². The van der Waals surface area contributed by atoms with E-state index in [0.717, 1.165) is 11.3 Å². The number of rotatable bonds is 4. The normalized spacial score (nSPS) is 20.9. The number of carbonyl (C=O) groups is 2. The van der Waals surface area contributed by atoms with Crippen molar-refractivity contribution in [3.63, 3.8) is 0 Å². The fourth-order valence-corrected chi connectivity index (χ4v) is 2.68. The van der Waals surface area contributed by atoms with E-state index in [1.54, 1.807) is 12.0 Å². The molecule has 0 radical (unpaired) electrons. The summed E-state index contributed by atoms with van der Waals surface area (Å²) in [5, 5.41) is 2.68. The Hall–Kier alpha value is -2.08. The topological polar surface area (TPSA) is 67.9 Å². The Bertz CT molecular complexity index is 534. The van der Waals surface area contributed by atoms with Gasteiger partial charge < -0.3 is 19.7 Å². The van der Waals surface area contributed by atoms with Gasteiger partial charge in [-0.1, -0.05) is 12.1 Å². The third-order valence-corrected chi connectivity index (χ3v) is 3.76. The van der Waals surface area contributed by atoms with Crippen molar-refractivity contribution in [1.29, 1.82) is 0 Å². The zero-order valence-electron chi connectivity index (χ0n) is 13.9. The van der Waals surface area contributed by atoms with Crippen LogP contribution in [0.1, 0.15) is 19.4 Å². The summed E-state index contributed by atoms with van der Waals surface area (Å²) in [7, 11) is 1.62. The van der Waals surface area contributed by atoms with Crippen molar-refractivity contribution >= 4 is 11.8 Å². The molecular formula is C17H24N2O4. The molecule has 1 aromatic rings. The van der Waals surface area contributed by atoms with Crippen LogP contribution in [0.25, 0.3) is 0 Å². The molecular weight excluding hydrogens is 296 g/mol. The van der Waals surface area contributed by atoms with Crippen LogP contribution in [0.5, 0.6) is 5.75 Å². The lowest BCUT2D eigenvalue weighted by molar-refractivity contribution is -0.153. The molecule has 6 heteroatoms. The Balaban J connectivity index is 1.78. The van der Waals surface area contributed by atoms with Crippen molar-refractivity contribution in [3.05, 3.63) is 29.8 Å². The second-order valence-electron chi connectivity index (χ2n) is 5.82. The molecule has 1 fully saturated rings. The Morgan fingerprint density at radius 3 is 2.39 bits per heavy atom. The van der Waals surface area contributed by atoms with Crippen LogP contribution in [0, 0.1) is 0 Å². The molecule has 0 aromatic heterocycles. The second-order valence-corrected chi connectivity index (χ2v) is 5.82. The number of ether oxygens (including phenoxy) is 2. The molecule has 2 atom stereocenters. The number of amides is 2. The molecule has 0 aliphatic carbocycles. The minimum absolute atomic E-state index is 0.0465. The summed E-state index contributed by atoms with van der Waals surface area (Å²) in [5.74, 6) is -0.245. The maximum Gasteiger partial charge on any atom is 0.312 e. The van der Waals surface area contributed by atoms with Gasteiger partial charge in [0.05, 0.1) is 19.3 Å². The molecule has 126 valence electrons.